The molecule has 134 valence electrons. The van der Waals surface area contributed by atoms with Gasteiger partial charge in [-0.15, -0.1) is 10.2 Å². The maximum absolute atomic E-state index is 12.2. The smallest absolute Gasteiger partial charge is 0.236 e. The number of hydrogen-bond acceptors (Lipinski definition) is 7. The summed E-state index contributed by atoms with van der Waals surface area (Å²) in [6.07, 6.45) is 3.43. The fourth-order valence-electron chi connectivity index (χ4n) is 2.45. The summed E-state index contributed by atoms with van der Waals surface area (Å²) in [4.78, 5) is 20.6. The van der Waals surface area contributed by atoms with Crippen molar-refractivity contribution >= 4 is 44.4 Å². The first kappa shape index (κ1) is 17.6. The molecular weight excluding hydrogens is 378 g/mol. The Morgan fingerprint density at radius 2 is 1.96 bits per heavy atom. The third kappa shape index (κ3) is 4.29. The third-order valence-corrected chi connectivity index (χ3v) is 5.61. The van der Waals surface area contributed by atoms with E-state index in [9.17, 15) is 4.79 Å². The monoisotopic (exact) mass is 393 g/mol. The number of aromatic nitrogens is 4. The molecule has 1 amide bonds. The predicted octanol–water partition coefficient (Wildman–Crippen LogP) is 4.19. The molecule has 1 N–H and O–H groups in total. The van der Waals surface area contributed by atoms with Crippen LogP contribution in [0, 0.1) is 6.92 Å². The van der Waals surface area contributed by atoms with Gasteiger partial charge >= 0.3 is 0 Å². The Balaban J connectivity index is 1.35. The lowest BCUT2D eigenvalue weighted by atomic mass is 10.2. The minimum Gasteiger partial charge on any atom is -0.301 e. The van der Waals surface area contributed by atoms with E-state index in [0.717, 1.165) is 21.5 Å². The third-order valence-electron chi connectivity index (χ3n) is 3.76. The van der Waals surface area contributed by atoms with Gasteiger partial charge in [-0.2, -0.15) is 0 Å². The molecule has 3 heterocycles. The van der Waals surface area contributed by atoms with E-state index in [0.29, 0.717) is 10.2 Å². The van der Waals surface area contributed by atoms with Crippen LogP contribution in [0.25, 0.3) is 21.5 Å². The molecule has 0 spiro atoms. The number of amides is 1. The Hall–Kier alpha value is -2.84. The van der Waals surface area contributed by atoms with Gasteiger partial charge in [0.15, 0.2) is 5.13 Å². The first-order chi connectivity index (χ1) is 13.2. The molecule has 0 aliphatic rings. The Kier molecular flexibility index (Phi) is 5.08. The molecule has 1 aromatic carbocycles. The van der Waals surface area contributed by atoms with Crippen molar-refractivity contribution in [1.29, 1.82) is 0 Å². The number of fused-ring (bicyclic) bond motifs is 1. The highest BCUT2D eigenvalue weighted by Crippen LogP contribution is 2.27. The van der Waals surface area contributed by atoms with E-state index in [2.05, 4.69) is 31.5 Å². The minimum atomic E-state index is -0.115. The minimum absolute atomic E-state index is 0.115. The van der Waals surface area contributed by atoms with Crippen LogP contribution in [0.1, 0.15) is 5.56 Å². The zero-order valence-corrected chi connectivity index (χ0v) is 16.0. The SMILES string of the molecule is Cc1ccc2nc(NC(=O)CSc3ccc(-c4ccncc4)nn3)sc2c1. The highest BCUT2D eigenvalue weighted by atomic mass is 32.2. The van der Waals surface area contributed by atoms with E-state index in [1.54, 1.807) is 12.4 Å². The molecule has 0 saturated carbocycles. The van der Waals surface area contributed by atoms with Gasteiger partial charge in [0.2, 0.25) is 5.91 Å². The van der Waals surface area contributed by atoms with Crippen LogP contribution in [-0.4, -0.2) is 31.8 Å². The van der Waals surface area contributed by atoms with Crippen LogP contribution in [0.5, 0.6) is 0 Å². The van der Waals surface area contributed by atoms with E-state index in [1.807, 2.05) is 43.3 Å². The Morgan fingerprint density at radius 1 is 1.11 bits per heavy atom. The van der Waals surface area contributed by atoms with Crippen molar-refractivity contribution in [2.75, 3.05) is 11.1 Å². The topological polar surface area (TPSA) is 80.7 Å². The molecule has 0 aliphatic heterocycles. The normalized spacial score (nSPS) is 10.9. The van der Waals surface area contributed by atoms with Gasteiger partial charge in [0.05, 0.1) is 21.7 Å². The maximum Gasteiger partial charge on any atom is 0.236 e. The second-order valence-electron chi connectivity index (χ2n) is 5.82. The first-order valence-electron chi connectivity index (χ1n) is 8.21. The molecule has 0 bridgehead atoms. The predicted molar refractivity (Wildman–Crippen MR) is 109 cm³/mol. The van der Waals surface area contributed by atoms with E-state index in [1.165, 1.54) is 28.7 Å². The van der Waals surface area contributed by atoms with E-state index in [-0.39, 0.29) is 11.7 Å². The molecule has 6 nitrogen and oxygen atoms in total. The summed E-state index contributed by atoms with van der Waals surface area (Å²) in [5.41, 5.74) is 3.80. The van der Waals surface area contributed by atoms with Crippen LogP contribution in [-0.2, 0) is 4.79 Å². The summed E-state index contributed by atoms with van der Waals surface area (Å²) in [6, 6.07) is 13.5. The van der Waals surface area contributed by atoms with Gasteiger partial charge in [0.1, 0.15) is 5.03 Å². The molecular formula is C19H15N5OS2. The van der Waals surface area contributed by atoms with Crippen LogP contribution >= 0.6 is 23.1 Å². The molecule has 0 radical (unpaired) electrons. The number of pyridine rings is 1. The van der Waals surface area contributed by atoms with Gasteiger partial charge in [-0.05, 0) is 48.9 Å². The number of nitrogens with one attached hydrogen (secondary N) is 1. The molecule has 8 heteroatoms. The largest absolute Gasteiger partial charge is 0.301 e. The standard InChI is InChI=1S/C19H15N5OS2/c1-12-2-3-15-16(10-12)27-19(21-15)22-17(25)11-26-18-5-4-14(23-24-18)13-6-8-20-9-7-13/h2-10H,11H2,1H3,(H,21,22,25). The Bertz CT molecular complexity index is 1080. The molecule has 3 aromatic heterocycles. The number of thiazole rings is 1. The molecule has 0 aliphatic carbocycles. The molecule has 27 heavy (non-hydrogen) atoms. The molecule has 4 aromatic rings. The van der Waals surface area contributed by atoms with E-state index < -0.39 is 0 Å². The molecule has 0 saturated heterocycles. The fraction of sp³-hybridized carbons (Fsp3) is 0.105. The van der Waals surface area contributed by atoms with Crippen LogP contribution in [0.2, 0.25) is 0 Å². The van der Waals surface area contributed by atoms with E-state index in [4.69, 9.17) is 0 Å². The lowest BCUT2D eigenvalue weighted by Gasteiger charge is -2.02. The Morgan fingerprint density at radius 3 is 2.74 bits per heavy atom. The summed E-state index contributed by atoms with van der Waals surface area (Å²) in [5, 5.41) is 12.5. The van der Waals surface area contributed by atoms with Crippen molar-refractivity contribution in [3.05, 3.63) is 60.4 Å². The zero-order chi connectivity index (χ0) is 18.6. The van der Waals surface area contributed by atoms with Crippen molar-refractivity contribution in [2.24, 2.45) is 0 Å². The van der Waals surface area contributed by atoms with E-state index >= 15 is 0 Å². The van der Waals surface area contributed by atoms with Crippen molar-refractivity contribution in [3.8, 4) is 11.3 Å². The lowest BCUT2D eigenvalue weighted by Crippen LogP contribution is -2.13. The number of nitrogens with zero attached hydrogens (tertiary/aromatic N) is 4. The number of anilines is 1. The average molecular weight is 393 g/mol. The first-order valence-corrected chi connectivity index (χ1v) is 10.0. The number of carbonyl (C=O) groups is 1. The fourth-order valence-corrected chi connectivity index (χ4v) is 4.05. The van der Waals surface area contributed by atoms with Gasteiger partial charge in [0, 0.05) is 18.0 Å². The second kappa shape index (κ2) is 7.81. The number of benzene rings is 1. The molecule has 4 rings (SSSR count). The number of aryl methyl sites for hydroxylation is 1. The zero-order valence-electron chi connectivity index (χ0n) is 14.4. The summed E-state index contributed by atoms with van der Waals surface area (Å²) in [5.74, 6) is 0.133. The van der Waals surface area contributed by atoms with Gasteiger partial charge in [-0.25, -0.2) is 4.98 Å². The average Bonchev–Trinajstić information content (AvgIpc) is 3.08. The highest BCUT2D eigenvalue weighted by molar-refractivity contribution is 7.99. The van der Waals surface area contributed by atoms with Crippen molar-refractivity contribution in [2.45, 2.75) is 11.9 Å². The summed E-state index contributed by atoms with van der Waals surface area (Å²) in [7, 11) is 0. The van der Waals surface area contributed by atoms with Crippen LogP contribution in [0.4, 0.5) is 5.13 Å². The summed E-state index contributed by atoms with van der Waals surface area (Å²) >= 11 is 2.82. The molecule has 0 atom stereocenters. The maximum atomic E-state index is 12.2. The number of hydrogen-bond donors (Lipinski definition) is 1. The van der Waals surface area contributed by atoms with Crippen molar-refractivity contribution < 1.29 is 4.79 Å². The molecule has 0 unspecified atom stereocenters. The second-order valence-corrected chi connectivity index (χ2v) is 7.85. The van der Waals surface area contributed by atoms with Crippen LogP contribution in [0.15, 0.2) is 59.9 Å². The van der Waals surface area contributed by atoms with Gasteiger partial charge in [0.25, 0.3) is 0 Å². The van der Waals surface area contributed by atoms with Gasteiger partial charge in [-0.1, -0.05) is 29.2 Å². The number of carbonyl (C=O) groups excluding carboxylic acids is 1. The number of rotatable bonds is 5. The number of thioether (sulfide) groups is 1. The molecule has 0 fully saturated rings. The van der Waals surface area contributed by atoms with Crippen LogP contribution in [0.3, 0.4) is 0 Å². The summed E-state index contributed by atoms with van der Waals surface area (Å²) in [6.45, 7) is 2.04. The summed E-state index contributed by atoms with van der Waals surface area (Å²) < 4.78 is 1.07. The van der Waals surface area contributed by atoms with Crippen LogP contribution < -0.4 is 5.32 Å². The van der Waals surface area contributed by atoms with Gasteiger partial charge in [-0.3, -0.25) is 9.78 Å². The Labute approximate surface area is 164 Å². The lowest BCUT2D eigenvalue weighted by molar-refractivity contribution is -0.113. The van der Waals surface area contributed by atoms with Gasteiger partial charge < -0.3 is 5.32 Å². The van der Waals surface area contributed by atoms with Crippen molar-refractivity contribution in [3.63, 3.8) is 0 Å². The highest BCUT2D eigenvalue weighted by Gasteiger charge is 2.09. The van der Waals surface area contributed by atoms with Crippen molar-refractivity contribution in [1.82, 2.24) is 20.2 Å². The quantitative estimate of drug-likeness (QED) is 0.512.